The Balaban J connectivity index is 1.15. The van der Waals surface area contributed by atoms with Crippen molar-refractivity contribution in [1.29, 1.82) is 0 Å². The molecule has 5 saturated carbocycles. The molecule has 7 nitrogen and oxygen atoms in total. The predicted molar refractivity (Wildman–Crippen MR) is 170 cm³/mol. The number of likely N-dealkylation sites (N-methyl/N-ethyl adjacent to an activating group) is 1. The van der Waals surface area contributed by atoms with Crippen molar-refractivity contribution in [3.8, 4) is 0 Å². The molecule has 0 radical (unpaired) electrons. The van der Waals surface area contributed by atoms with E-state index in [-0.39, 0.29) is 40.8 Å². The van der Waals surface area contributed by atoms with Crippen LogP contribution in [-0.2, 0) is 18.9 Å². The van der Waals surface area contributed by atoms with Gasteiger partial charge in [0.25, 0.3) is 0 Å². The number of rotatable bonds is 6. The quantitative estimate of drug-likeness (QED) is 0.399. The van der Waals surface area contributed by atoms with Gasteiger partial charge in [-0.05, 0) is 125 Å². The molecule has 0 aromatic rings. The first kappa shape index (κ1) is 32.3. The van der Waals surface area contributed by atoms with Crippen molar-refractivity contribution >= 4 is 0 Å². The van der Waals surface area contributed by atoms with Gasteiger partial charge in [-0.3, -0.25) is 4.90 Å². The highest BCUT2D eigenvalue weighted by molar-refractivity contribution is 5.33. The highest BCUT2D eigenvalue weighted by atomic mass is 16.7. The second-order valence-electron chi connectivity index (χ2n) is 18.3. The summed E-state index contributed by atoms with van der Waals surface area (Å²) in [7, 11) is 2.16. The maximum atomic E-state index is 12.5. The standard InChI is InChI=1S/C37H63NO6/c1-10-41-31(33(5,6)40)23-19-22(2)28-29(43-23)30(39)35(8)25-12-11-24-32(3,4)26(44-27-20-38(9)17-18-42-27)13-14-36(24)21-37(25,36)16-15-34(28,35)7/h22-31,39-40H,10-21H2,1-9H3/t22?,23-,24?,25+,26?,27?,28?,29+,30?,31?,34?,35?,36?,37?/m1/s1. The molecule has 14 atom stereocenters. The van der Waals surface area contributed by atoms with Gasteiger partial charge < -0.3 is 29.2 Å². The van der Waals surface area contributed by atoms with Crippen LogP contribution < -0.4 is 0 Å². The number of morpholine rings is 1. The molecule has 2 aliphatic heterocycles. The van der Waals surface area contributed by atoms with Crippen LogP contribution in [0.25, 0.3) is 0 Å². The Morgan fingerprint density at radius 1 is 1.02 bits per heavy atom. The molecule has 0 amide bonds. The molecule has 2 spiro atoms. The lowest BCUT2D eigenvalue weighted by atomic mass is 9.41. The Hall–Kier alpha value is -0.280. The van der Waals surface area contributed by atoms with Crippen molar-refractivity contribution < 1.29 is 29.2 Å². The van der Waals surface area contributed by atoms with Crippen LogP contribution in [-0.4, -0.2) is 90.9 Å². The Labute approximate surface area is 267 Å². The predicted octanol–water partition coefficient (Wildman–Crippen LogP) is 5.65. The fourth-order valence-corrected chi connectivity index (χ4v) is 13.7. The SMILES string of the molecule is CCOC([C@H]1CC(C)C2[C@H](O1)C(O)C1(C)[C@@H]3CCC4C(C)(C)C(OC5CN(C)CCO5)CCC45CC35CCC21C)C(C)(C)O. The van der Waals surface area contributed by atoms with Crippen LogP contribution in [0.2, 0.25) is 0 Å². The summed E-state index contributed by atoms with van der Waals surface area (Å²) < 4.78 is 25.9. The smallest absolute Gasteiger partial charge is 0.170 e. The first-order chi connectivity index (χ1) is 20.6. The first-order valence-corrected chi connectivity index (χ1v) is 18.2. The molecule has 7 fully saturated rings. The third-order valence-electron chi connectivity index (χ3n) is 15.7. The second-order valence-corrected chi connectivity index (χ2v) is 18.3. The molecule has 44 heavy (non-hydrogen) atoms. The van der Waals surface area contributed by atoms with Crippen molar-refractivity contribution in [3.63, 3.8) is 0 Å². The molecule has 7 heteroatoms. The maximum absolute atomic E-state index is 12.5. The summed E-state index contributed by atoms with van der Waals surface area (Å²) in [5.74, 6) is 1.89. The fraction of sp³-hybridized carbons (Fsp3) is 1.00. The van der Waals surface area contributed by atoms with E-state index in [0.717, 1.165) is 32.5 Å². The molecule has 5 aliphatic carbocycles. The van der Waals surface area contributed by atoms with Gasteiger partial charge in [0, 0.05) is 25.1 Å². The highest BCUT2D eigenvalue weighted by Crippen LogP contribution is 2.89. The fourth-order valence-electron chi connectivity index (χ4n) is 13.7. The summed E-state index contributed by atoms with van der Waals surface area (Å²) in [5, 5.41) is 23.6. The summed E-state index contributed by atoms with van der Waals surface area (Å²) in [6.07, 6.45) is 8.21. The minimum atomic E-state index is -1.01. The van der Waals surface area contributed by atoms with Gasteiger partial charge in [-0.15, -0.1) is 0 Å². The third kappa shape index (κ3) is 4.18. The van der Waals surface area contributed by atoms with Crippen LogP contribution >= 0.6 is 0 Å². The molecule has 11 unspecified atom stereocenters. The van der Waals surface area contributed by atoms with Gasteiger partial charge in [0.15, 0.2) is 6.29 Å². The lowest BCUT2D eigenvalue weighted by Gasteiger charge is -2.64. The summed E-state index contributed by atoms with van der Waals surface area (Å²) in [6.45, 7) is 21.1. The number of ether oxygens (including phenoxy) is 4. The lowest BCUT2D eigenvalue weighted by molar-refractivity contribution is -0.247. The first-order valence-electron chi connectivity index (χ1n) is 18.2. The Bertz CT molecular complexity index is 1110. The number of hydrogen-bond donors (Lipinski definition) is 2. The van der Waals surface area contributed by atoms with Crippen molar-refractivity contribution in [2.45, 2.75) is 149 Å². The minimum absolute atomic E-state index is 0.0318. The molecule has 0 aromatic heterocycles. The average molecular weight is 618 g/mol. The van der Waals surface area contributed by atoms with E-state index in [4.69, 9.17) is 18.9 Å². The molecule has 0 aromatic carbocycles. The van der Waals surface area contributed by atoms with Crippen LogP contribution in [0.4, 0.5) is 0 Å². The van der Waals surface area contributed by atoms with Crippen molar-refractivity contribution in [2.75, 3.05) is 33.4 Å². The van der Waals surface area contributed by atoms with Gasteiger partial charge in [-0.1, -0.05) is 34.6 Å². The van der Waals surface area contributed by atoms with E-state index >= 15 is 0 Å². The molecule has 7 rings (SSSR count). The van der Waals surface area contributed by atoms with E-state index in [1.54, 1.807) is 0 Å². The zero-order valence-electron chi connectivity index (χ0n) is 29.2. The third-order valence-corrected chi connectivity index (χ3v) is 15.7. The van der Waals surface area contributed by atoms with Crippen LogP contribution in [0.5, 0.6) is 0 Å². The van der Waals surface area contributed by atoms with E-state index in [9.17, 15) is 10.2 Å². The van der Waals surface area contributed by atoms with Gasteiger partial charge in [0.05, 0.1) is 36.6 Å². The molecule has 252 valence electrons. The Morgan fingerprint density at radius 3 is 2.41 bits per heavy atom. The van der Waals surface area contributed by atoms with Gasteiger partial charge in [0.2, 0.25) is 0 Å². The summed E-state index contributed by atoms with van der Waals surface area (Å²) in [5.41, 5.74) is -0.361. The number of nitrogens with zero attached hydrogens (tertiary/aromatic N) is 1. The summed E-state index contributed by atoms with van der Waals surface area (Å²) in [6, 6.07) is 0. The molecule has 2 N–H and O–H groups in total. The van der Waals surface area contributed by atoms with E-state index in [1.165, 1.54) is 38.5 Å². The molecule has 0 bridgehead atoms. The number of aliphatic hydroxyl groups is 2. The van der Waals surface area contributed by atoms with Gasteiger partial charge >= 0.3 is 0 Å². The van der Waals surface area contributed by atoms with Gasteiger partial charge in [-0.2, -0.15) is 0 Å². The lowest BCUT2D eigenvalue weighted by Crippen LogP contribution is -2.60. The average Bonchev–Trinajstić information content (AvgIpc) is 3.57. The normalized spacial score (nSPS) is 53.9. The molecule has 2 saturated heterocycles. The largest absolute Gasteiger partial charge is 0.390 e. The molecule has 7 aliphatic rings. The zero-order valence-corrected chi connectivity index (χ0v) is 29.2. The number of aliphatic hydroxyl groups excluding tert-OH is 1. The van der Waals surface area contributed by atoms with Crippen molar-refractivity contribution in [3.05, 3.63) is 0 Å². The Morgan fingerprint density at radius 2 is 1.73 bits per heavy atom. The Kier molecular flexibility index (Phi) is 7.60. The van der Waals surface area contributed by atoms with E-state index < -0.39 is 17.8 Å². The van der Waals surface area contributed by atoms with E-state index in [2.05, 4.69) is 46.6 Å². The maximum Gasteiger partial charge on any atom is 0.170 e. The topological polar surface area (TPSA) is 80.6 Å². The highest BCUT2D eigenvalue weighted by Gasteiger charge is 2.84. The van der Waals surface area contributed by atoms with Crippen LogP contribution in [0.15, 0.2) is 0 Å². The minimum Gasteiger partial charge on any atom is -0.390 e. The zero-order chi connectivity index (χ0) is 31.7. The summed E-state index contributed by atoms with van der Waals surface area (Å²) in [4.78, 5) is 2.32. The molecular weight excluding hydrogens is 554 g/mol. The van der Waals surface area contributed by atoms with Crippen LogP contribution in [0.3, 0.4) is 0 Å². The number of fused-ring (bicyclic) bond motifs is 4. The van der Waals surface area contributed by atoms with Gasteiger partial charge in [-0.25, -0.2) is 0 Å². The molecular formula is C37H63NO6. The summed E-state index contributed by atoms with van der Waals surface area (Å²) >= 11 is 0. The monoisotopic (exact) mass is 617 g/mol. The van der Waals surface area contributed by atoms with Crippen molar-refractivity contribution in [1.82, 2.24) is 4.90 Å². The number of hydrogen-bond acceptors (Lipinski definition) is 7. The van der Waals surface area contributed by atoms with E-state index in [0.29, 0.717) is 41.1 Å². The van der Waals surface area contributed by atoms with E-state index in [1.807, 2.05) is 20.8 Å². The van der Waals surface area contributed by atoms with Crippen LogP contribution in [0.1, 0.15) is 107 Å². The van der Waals surface area contributed by atoms with Gasteiger partial charge in [0.1, 0.15) is 6.10 Å². The van der Waals surface area contributed by atoms with Crippen molar-refractivity contribution in [2.24, 2.45) is 50.7 Å². The second kappa shape index (κ2) is 10.4. The van der Waals surface area contributed by atoms with Crippen LogP contribution in [0, 0.1) is 50.7 Å². The molecule has 2 heterocycles.